The molecule has 0 saturated carbocycles. The molecule has 1 saturated heterocycles. The first kappa shape index (κ1) is 70.0. The molecule has 12 nitrogen and oxygen atoms in total. The van der Waals surface area contributed by atoms with E-state index >= 15 is 0 Å². The highest BCUT2D eigenvalue weighted by Crippen LogP contribution is 2.27. The fraction of sp³-hybridized carbons (Fsp3) is 0.841. The molecule has 1 heterocycles. The van der Waals surface area contributed by atoms with Crippen molar-refractivity contribution in [3.63, 3.8) is 0 Å². The molecule has 1 rings (SSSR count). The van der Waals surface area contributed by atoms with Crippen molar-refractivity contribution >= 4 is 23.9 Å². The maximum atomic E-state index is 13.1. The van der Waals surface area contributed by atoms with Crippen LogP contribution in [0.15, 0.2) is 36.5 Å². The molecule has 0 amide bonds. The Hall–Kier alpha value is -3.06. The summed E-state index contributed by atoms with van der Waals surface area (Å²) in [5, 5.41) is 31.5. The number of esters is 3. The molecule has 1 fully saturated rings. The molecule has 3 N–H and O–H groups in total. The lowest BCUT2D eigenvalue weighted by atomic mass is 9.98. The van der Waals surface area contributed by atoms with Crippen LogP contribution in [0.4, 0.5) is 0 Å². The van der Waals surface area contributed by atoms with Gasteiger partial charge in [0.25, 0.3) is 0 Å². The van der Waals surface area contributed by atoms with Gasteiger partial charge in [0.2, 0.25) is 0 Å². The van der Waals surface area contributed by atoms with Crippen molar-refractivity contribution in [3.8, 4) is 0 Å². The largest absolute Gasteiger partial charge is 0.479 e. The van der Waals surface area contributed by atoms with E-state index in [-0.39, 0.29) is 25.9 Å². The Morgan fingerprint density at radius 2 is 0.800 bits per heavy atom. The zero-order valence-electron chi connectivity index (χ0n) is 48.1. The summed E-state index contributed by atoms with van der Waals surface area (Å²) in [6.45, 7) is 5.97. The first-order valence-corrected chi connectivity index (χ1v) is 31.0. The van der Waals surface area contributed by atoms with Crippen LogP contribution in [-0.2, 0) is 42.9 Å². The van der Waals surface area contributed by atoms with E-state index in [1.54, 1.807) is 0 Å². The molecular weight excluding hydrogens is 949 g/mol. The van der Waals surface area contributed by atoms with E-state index in [9.17, 15) is 34.5 Å². The molecule has 0 aromatic carbocycles. The number of carbonyl (C=O) groups excluding carboxylic acids is 3. The summed E-state index contributed by atoms with van der Waals surface area (Å²) in [7, 11) is 0. The lowest BCUT2D eigenvalue weighted by Gasteiger charge is -2.40. The number of aliphatic carboxylic acids is 1. The Balaban J connectivity index is 2.67. The van der Waals surface area contributed by atoms with Gasteiger partial charge < -0.3 is 39.0 Å². The number of carboxylic acid groups (broad SMARTS) is 1. The van der Waals surface area contributed by atoms with Gasteiger partial charge in [0, 0.05) is 19.3 Å². The van der Waals surface area contributed by atoms with E-state index in [0.29, 0.717) is 19.3 Å². The molecule has 6 unspecified atom stereocenters. The predicted molar refractivity (Wildman–Crippen MR) is 303 cm³/mol. The third-order valence-corrected chi connectivity index (χ3v) is 14.2. The van der Waals surface area contributed by atoms with Gasteiger partial charge in [-0.2, -0.15) is 0 Å². The second kappa shape index (κ2) is 51.7. The number of hydrogen-bond acceptors (Lipinski definition) is 11. The molecule has 1 aliphatic heterocycles. The standard InChI is InChI=1S/C63H112O12/c1-4-7-10-13-16-19-22-25-27-28-30-32-34-37-40-43-46-49-55(64)71-52-54(73-56(65)50-47-44-41-38-35-31-24-21-18-15-12-9-6-3)53-72-63-61(59(68)58(67)60(75-63)62(69)70)74-57(66)51-48-45-42-39-36-33-29-26-23-20-17-14-11-8-5-2/h17,20-21,24,26,29,54,58-61,63,67-68H,4-16,18-19,22-23,25,27-28,30-53H2,1-3H3,(H,69,70)/b20-17-,24-21-,29-26-. The smallest absolute Gasteiger partial charge is 0.335 e. The molecule has 0 aromatic heterocycles. The number of allylic oxidation sites excluding steroid dienone is 6. The highest BCUT2D eigenvalue weighted by molar-refractivity contribution is 5.74. The van der Waals surface area contributed by atoms with Gasteiger partial charge in [-0.3, -0.25) is 14.4 Å². The van der Waals surface area contributed by atoms with E-state index in [4.69, 9.17) is 23.7 Å². The molecule has 0 spiro atoms. The Bertz CT molecular complexity index is 1450. The molecule has 0 aliphatic carbocycles. The molecule has 436 valence electrons. The average molecular weight is 1060 g/mol. The molecule has 0 bridgehead atoms. The van der Waals surface area contributed by atoms with Crippen LogP contribution >= 0.6 is 0 Å². The number of unbranched alkanes of at least 4 members (excludes halogenated alkanes) is 33. The predicted octanol–water partition coefficient (Wildman–Crippen LogP) is 16.0. The zero-order chi connectivity index (χ0) is 54.7. The van der Waals surface area contributed by atoms with Gasteiger partial charge >= 0.3 is 23.9 Å². The normalized spacial score (nSPS) is 18.3. The van der Waals surface area contributed by atoms with Crippen molar-refractivity contribution in [2.45, 2.75) is 327 Å². The van der Waals surface area contributed by atoms with Crippen LogP contribution in [0.1, 0.15) is 290 Å². The topological polar surface area (TPSA) is 175 Å². The van der Waals surface area contributed by atoms with Gasteiger partial charge in [-0.15, -0.1) is 0 Å². The quantitative estimate of drug-likeness (QED) is 0.0228. The molecule has 6 atom stereocenters. The number of aliphatic hydroxyl groups is 2. The van der Waals surface area contributed by atoms with Crippen molar-refractivity contribution < 1.29 is 58.2 Å². The minimum Gasteiger partial charge on any atom is -0.479 e. The third kappa shape index (κ3) is 41.7. The highest BCUT2D eigenvalue weighted by atomic mass is 16.7. The lowest BCUT2D eigenvalue weighted by Crippen LogP contribution is -2.61. The summed E-state index contributed by atoms with van der Waals surface area (Å²) < 4.78 is 28.5. The molecule has 12 heteroatoms. The van der Waals surface area contributed by atoms with Gasteiger partial charge in [-0.25, -0.2) is 4.79 Å². The number of rotatable bonds is 53. The second-order valence-corrected chi connectivity index (χ2v) is 21.3. The van der Waals surface area contributed by atoms with Crippen molar-refractivity contribution in [1.29, 1.82) is 0 Å². The van der Waals surface area contributed by atoms with Gasteiger partial charge in [0.05, 0.1) is 6.61 Å². The van der Waals surface area contributed by atoms with E-state index in [2.05, 4.69) is 57.2 Å². The van der Waals surface area contributed by atoms with E-state index in [1.807, 2.05) is 0 Å². The van der Waals surface area contributed by atoms with Crippen molar-refractivity contribution in [1.82, 2.24) is 0 Å². The van der Waals surface area contributed by atoms with Gasteiger partial charge in [-0.1, -0.05) is 231 Å². The molecular formula is C63H112O12. The summed E-state index contributed by atoms with van der Waals surface area (Å²) in [6, 6.07) is 0. The second-order valence-electron chi connectivity index (χ2n) is 21.3. The minimum absolute atomic E-state index is 0.0464. The number of hydrogen-bond donors (Lipinski definition) is 3. The summed E-state index contributed by atoms with van der Waals surface area (Å²) in [5.74, 6) is -3.12. The average Bonchev–Trinajstić information content (AvgIpc) is 3.39. The van der Waals surface area contributed by atoms with E-state index < -0.39 is 67.3 Å². The summed E-state index contributed by atoms with van der Waals surface area (Å²) >= 11 is 0. The number of carboxylic acids is 1. The SMILES string of the molecule is CCCCC/C=C\C/C=C\CCCCCCCC(=O)OC1C(OCC(COC(=O)CCCCCCCCCCCCCCCCCCC)OC(=O)CCCCCCC/C=C\CCCCCC)OC(C(=O)O)C(O)C1O. The maximum absolute atomic E-state index is 13.1. The monoisotopic (exact) mass is 1060 g/mol. The van der Waals surface area contributed by atoms with E-state index in [1.165, 1.54) is 128 Å². The fourth-order valence-electron chi connectivity index (χ4n) is 9.39. The van der Waals surface area contributed by atoms with Crippen LogP contribution in [0, 0.1) is 0 Å². The van der Waals surface area contributed by atoms with Crippen LogP contribution in [-0.4, -0.2) is 89.2 Å². The number of ether oxygens (including phenoxy) is 5. The van der Waals surface area contributed by atoms with Gasteiger partial charge in [-0.05, 0) is 77.0 Å². The van der Waals surface area contributed by atoms with Gasteiger partial charge in [0.1, 0.15) is 18.8 Å². The maximum Gasteiger partial charge on any atom is 0.335 e. The summed E-state index contributed by atoms with van der Waals surface area (Å²) in [6.07, 6.45) is 48.2. The third-order valence-electron chi connectivity index (χ3n) is 14.2. The Morgan fingerprint density at radius 3 is 1.25 bits per heavy atom. The van der Waals surface area contributed by atoms with Crippen LogP contribution < -0.4 is 0 Å². The summed E-state index contributed by atoms with van der Waals surface area (Å²) in [4.78, 5) is 51.2. The van der Waals surface area contributed by atoms with Crippen LogP contribution in [0.25, 0.3) is 0 Å². The van der Waals surface area contributed by atoms with Crippen LogP contribution in [0.3, 0.4) is 0 Å². The van der Waals surface area contributed by atoms with Crippen molar-refractivity contribution in [3.05, 3.63) is 36.5 Å². The zero-order valence-corrected chi connectivity index (χ0v) is 48.1. The Morgan fingerprint density at radius 1 is 0.440 bits per heavy atom. The Labute approximate surface area is 457 Å². The van der Waals surface area contributed by atoms with E-state index in [0.717, 1.165) is 103 Å². The Kier molecular flexibility index (Phi) is 48.2. The fourth-order valence-corrected chi connectivity index (χ4v) is 9.39. The molecule has 1 aliphatic rings. The lowest BCUT2D eigenvalue weighted by molar-refractivity contribution is -0.301. The molecule has 0 aromatic rings. The van der Waals surface area contributed by atoms with Crippen molar-refractivity contribution in [2.75, 3.05) is 13.2 Å². The van der Waals surface area contributed by atoms with Gasteiger partial charge in [0.15, 0.2) is 24.6 Å². The first-order valence-electron chi connectivity index (χ1n) is 31.0. The first-order chi connectivity index (χ1) is 36.6. The van der Waals surface area contributed by atoms with Crippen LogP contribution in [0.5, 0.6) is 0 Å². The highest BCUT2D eigenvalue weighted by Gasteiger charge is 2.50. The molecule has 0 radical (unpaired) electrons. The summed E-state index contributed by atoms with van der Waals surface area (Å²) in [5.41, 5.74) is 0. The van der Waals surface area contributed by atoms with Crippen LogP contribution in [0.2, 0.25) is 0 Å². The minimum atomic E-state index is -1.91. The molecule has 75 heavy (non-hydrogen) atoms. The number of aliphatic hydroxyl groups excluding tert-OH is 2. The number of carbonyl (C=O) groups is 4. The van der Waals surface area contributed by atoms with Crippen molar-refractivity contribution in [2.24, 2.45) is 0 Å².